The highest BCUT2D eigenvalue weighted by molar-refractivity contribution is 4.84. The molecule has 4 heteroatoms. The van der Waals surface area contributed by atoms with Gasteiger partial charge in [0, 0.05) is 6.04 Å². The van der Waals surface area contributed by atoms with Gasteiger partial charge in [0.25, 0.3) is 0 Å². The summed E-state index contributed by atoms with van der Waals surface area (Å²) in [4.78, 5) is 0. The van der Waals surface area contributed by atoms with Gasteiger partial charge >= 0.3 is 6.18 Å². The quantitative estimate of drug-likeness (QED) is 0.738. The van der Waals surface area contributed by atoms with Crippen LogP contribution in [0.1, 0.15) is 59.3 Å². The SMILES string of the molecule is CCNC(CC(C)CC)C1CCC(C(F)(F)F)CC1. The zero-order valence-electron chi connectivity index (χ0n) is 12.4. The first kappa shape index (κ1) is 16.8. The van der Waals surface area contributed by atoms with Crippen LogP contribution in [0.3, 0.4) is 0 Å². The molecule has 19 heavy (non-hydrogen) atoms. The smallest absolute Gasteiger partial charge is 0.314 e. The molecule has 1 aliphatic carbocycles. The van der Waals surface area contributed by atoms with Gasteiger partial charge in [-0.3, -0.25) is 0 Å². The third kappa shape index (κ3) is 5.33. The Bertz CT molecular complexity index is 244. The Labute approximate surface area is 115 Å². The summed E-state index contributed by atoms with van der Waals surface area (Å²) in [6, 6.07) is 0.397. The van der Waals surface area contributed by atoms with E-state index in [1.165, 1.54) is 0 Å². The average molecular weight is 279 g/mol. The minimum absolute atomic E-state index is 0.316. The van der Waals surface area contributed by atoms with Crippen molar-refractivity contribution in [2.45, 2.75) is 71.5 Å². The Morgan fingerprint density at radius 2 is 1.68 bits per heavy atom. The number of alkyl halides is 3. The predicted molar refractivity (Wildman–Crippen MR) is 73.0 cm³/mol. The van der Waals surface area contributed by atoms with Crippen molar-refractivity contribution in [3.05, 3.63) is 0 Å². The molecular weight excluding hydrogens is 251 g/mol. The molecule has 2 unspecified atom stereocenters. The van der Waals surface area contributed by atoms with E-state index in [1.807, 2.05) is 0 Å². The van der Waals surface area contributed by atoms with E-state index >= 15 is 0 Å². The van der Waals surface area contributed by atoms with E-state index in [4.69, 9.17) is 0 Å². The third-order valence-electron chi connectivity index (χ3n) is 4.62. The standard InChI is InChI=1S/C15H28F3N/c1-4-11(3)10-14(19-5-2)12-6-8-13(9-7-12)15(16,17)18/h11-14,19H,4-10H2,1-3H3. The van der Waals surface area contributed by atoms with Gasteiger partial charge in [-0.15, -0.1) is 0 Å². The lowest BCUT2D eigenvalue weighted by molar-refractivity contribution is -0.184. The number of hydrogen-bond acceptors (Lipinski definition) is 1. The first-order chi connectivity index (χ1) is 8.88. The van der Waals surface area contributed by atoms with Crippen molar-refractivity contribution in [3.63, 3.8) is 0 Å². The van der Waals surface area contributed by atoms with Crippen molar-refractivity contribution >= 4 is 0 Å². The Morgan fingerprint density at radius 1 is 1.11 bits per heavy atom. The second-order valence-corrected chi connectivity index (χ2v) is 6.07. The van der Waals surface area contributed by atoms with Crippen molar-refractivity contribution in [2.24, 2.45) is 17.8 Å². The fraction of sp³-hybridized carbons (Fsp3) is 1.00. The lowest BCUT2D eigenvalue weighted by atomic mass is 9.76. The van der Waals surface area contributed by atoms with Crippen LogP contribution in [0.4, 0.5) is 13.2 Å². The van der Waals surface area contributed by atoms with Gasteiger partial charge in [-0.2, -0.15) is 13.2 Å². The maximum Gasteiger partial charge on any atom is 0.391 e. The molecule has 0 aliphatic heterocycles. The Morgan fingerprint density at radius 3 is 2.11 bits per heavy atom. The number of rotatable bonds is 6. The van der Waals surface area contributed by atoms with Crippen molar-refractivity contribution in [2.75, 3.05) is 6.54 Å². The molecule has 1 N–H and O–H groups in total. The van der Waals surface area contributed by atoms with Crippen molar-refractivity contribution in [1.82, 2.24) is 5.32 Å². The molecule has 2 atom stereocenters. The summed E-state index contributed by atoms with van der Waals surface area (Å²) in [7, 11) is 0. The van der Waals surface area contributed by atoms with E-state index in [0.717, 1.165) is 32.2 Å². The third-order valence-corrected chi connectivity index (χ3v) is 4.62. The highest BCUT2D eigenvalue weighted by Crippen LogP contribution is 2.41. The molecule has 0 amide bonds. The minimum atomic E-state index is -3.99. The first-order valence-corrected chi connectivity index (χ1v) is 7.68. The van der Waals surface area contributed by atoms with Crippen LogP contribution in [0.25, 0.3) is 0 Å². The van der Waals surface area contributed by atoms with Crippen LogP contribution in [0, 0.1) is 17.8 Å². The summed E-state index contributed by atoms with van der Waals surface area (Å²) in [6.07, 6.45) is 0.310. The summed E-state index contributed by atoms with van der Waals surface area (Å²) in [5.41, 5.74) is 0. The zero-order chi connectivity index (χ0) is 14.5. The molecule has 0 aromatic rings. The molecule has 0 spiro atoms. The summed E-state index contributed by atoms with van der Waals surface area (Å²) in [5.74, 6) is 0.00608. The molecule has 1 nitrogen and oxygen atoms in total. The van der Waals surface area contributed by atoms with E-state index in [-0.39, 0.29) is 0 Å². The Balaban J connectivity index is 2.49. The maximum atomic E-state index is 12.7. The van der Waals surface area contributed by atoms with Gasteiger partial charge in [-0.25, -0.2) is 0 Å². The van der Waals surface area contributed by atoms with Gasteiger partial charge in [0.2, 0.25) is 0 Å². The number of nitrogens with one attached hydrogen (secondary N) is 1. The lowest BCUT2D eigenvalue weighted by Gasteiger charge is -2.36. The monoisotopic (exact) mass is 279 g/mol. The maximum absolute atomic E-state index is 12.7. The van der Waals surface area contributed by atoms with Crippen LogP contribution in [0.5, 0.6) is 0 Å². The molecule has 1 aliphatic rings. The minimum Gasteiger partial charge on any atom is -0.314 e. The fourth-order valence-corrected chi connectivity index (χ4v) is 3.15. The Hall–Kier alpha value is -0.250. The van der Waals surface area contributed by atoms with Gasteiger partial charge in [0.1, 0.15) is 0 Å². The van der Waals surface area contributed by atoms with Crippen molar-refractivity contribution < 1.29 is 13.2 Å². The summed E-state index contributed by atoms with van der Waals surface area (Å²) < 4.78 is 38.0. The molecule has 114 valence electrons. The first-order valence-electron chi connectivity index (χ1n) is 7.68. The largest absolute Gasteiger partial charge is 0.391 e. The molecule has 0 aromatic heterocycles. The molecule has 1 saturated carbocycles. The predicted octanol–water partition coefficient (Wildman–Crippen LogP) is 4.77. The second-order valence-electron chi connectivity index (χ2n) is 6.07. The highest BCUT2D eigenvalue weighted by Gasteiger charge is 2.42. The van der Waals surface area contributed by atoms with Gasteiger partial charge in [0.15, 0.2) is 0 Å². The van der Waals surface area contributed by atoms with E-state index in [0.29, 0.717) is 30.7 Å². The summed E-state index contributed by atoms with van der Waals surface area (Å²) in [5, 5.41) is 3.49. The van der Waals surface area contributed by atoms with Crippen LogP contribution < -0.4 is 5.32 Å². The Kier molecular flexibility index (Phi) is 6.64. The second kappa shape index (κ2) is 7.51. The highest BCUT2D eigenvalue weighted by atomic mass is 19.4. The topological polar surface area (TPSA) is 12.0 Å². The summed E-state index contributed by atoms with van der Waals surface area (Å²) in [6.45, 7) is 7.38. The van der Waals surface area contributed by atoms with Crippen LogP contribution >= 0.6 is 0 Å². The molecule has 0 saturated heterocycles. The summed E-state index contributed by atoms with van der Waals surface area (Å²) >= 11 is 0. The molecule has 0 bridgehead atoms. The number of hydrogen-bond donors (Lipinski definition) is 1. The van der Waals surface area contributed by atoms with Crippen LogP contribution in [0.15, 0.2) is 0 Å². The number of halogens is 3. The molecular formula is C15H28F3N. The van der Waals surface area contributed by atoms with E-state index in [9.17, 15) is 13.2 Å². The van der Waals surface area contributed by atoms with E-state index in [2.05, 4.69) is 26.1 Å². The normalized spacial score (nSPS) is 28.1. The van der Waals surface area contributed by atoms with Crippen LogP contribution in [-0.4, -0.2) is 18.8 Å². The average Bonchev–Trinajstić information content (AvgIpc) is 2.37. The lowest BCUT2D eigenvalue weighted by Crippen LogP contribution is -2.40. The molecule has 0 radical (unpaired) electrons. The molecule has 0 heterocycles. The van der Waals surface area contributed by atoms with Gasteiger partial charge < -0.3 is 5.32 Å². The molecule has 0 aromatic carbocycles. The van der Waals surface area contributed by atoms with Gasteiger partial charge in [-0.1, -0.05) is 27.2 Å². The molecule has 1 rings (SSSR count). The van der Waals surface area contributed by atoms with E-state index < -0.39 is 12.1 Å². The van der Waals surface area contributed by atoms with Crippen molar-refractivity contribution in [3.8, 4) is 0 Å². The van der Waals surface area contributed by atoms with Crippen LogP contribution in [-0.2, 0) is 0 Å². The fourth-order valence-electron chi connectivity index (χ4n) is 3.15. The molecule has 1 fully saturated rings. The van der Waals surface area contributed by atoms with Crippen molar-refractivity contribution in [1.29, 1.82) is 0 Å². The zero-order valence-corrected chi connectivity index (χ0v) is 12.4. The van der Waals surface area contributed by atoms with E-state index in [1.54, 1.807) is 0 Å². The van der Waals surface area contributed by atoms with Gasteiger partial charge in [-0.05, 0) is 50.5 Å². The van der Waals surface area contributed by atoms with Gasteiger partial charge in [0.05, 0.1) is 5.92 Å². The van der Waals surface area contributed by atoms with Crippen LogP contribution in [0.2, 0.25) is 0 Å².